The van der Waals surface area contributed by atoms with Gasteiger partial charge in [0, 0.05) is 26.7 Å². The minimum atomic E-state index is -3.09. The zero-order valence-corrected chi connectivity index (χ0v) is 11.3. The highest BCUT2D eigenvalue weighted by Gasteiger charge is 2.35. The van der Waals surface area contributed by atoms with Gasteiger partial charge in [0.1, 0.15) is 0 Å². The van der Waals surface area contributed by atoms with Crippen LogP contribution in [0.2, 0.25) is 0 Å². The van der Waals surface area contributed by atoms with Crippen molar-refractivity contribution >= 4 is 21.7 Å². The number of hydrogen-bond acceptors (Lipinski definition) is 5. The Morgan fingerprint density at radius 1 is 1.28 bits per heavy atom. The Hall–Kier alpha value is -1.15. The second kappa shape index (κ2) is 5.66. The monoisotopic (exact) mass is 278 g/mol. The quantitative estimate of drug-likeness (QED) is 0.607. The van der Waals surface area contributed by atoms with Gasteiger partial charge < -0.3 is 14.9 Å². The van der Waals surface area contributed by atoms with Crippen LogP contribution in [0.1, 0.15) is 6.42 Å². The van der Waals surface area contributed by atoms with Crippen molar-refractivity contribution < 1.29 is 23.1 Å². The van der Waals surface area contributed by atoms with Crippen LogP contribution in [0.5, 0.6) is 0 Å². The summed E-state index contributed by atoms with van der Waals surface area (Å²) in [5, 5.41) is 8.69. The van der Waals surface area contributed by atoms with Crippen LogP contribution in [-0.2, 0) is 19.4 Å². The van der Waals surface area contributed by atoms with E-state index in [1.54, 1.807) is 0 Å². The maximum absolute atomic E-state index is 11.8. The summed E-state index contributed by atoms with van der Waals surface area (Å²) in [6.07, 6.45) is 0.363. The van der Waals surface area contributed by atoms with Crippen LogP contribution < -0.4 is 0 Å². The zero-order valence-electron chi connectivity index (χ0n) is 10.5. The summed E-state index contributed by atoms with van der Waals surface area (Å²) in [5.41, 5.74) is 0. The molecule has 1 aliphatic rings. The van der Waals surface area contributed by atoms with Gasteiger partial charge in [0.25, 0.3) is 0 Å². The highest BCUT2D eigenvalue weighted by molar-refractivity contribution is 7.91. The molecule has 1 rings (SSSR count). The number of amides is 2. The van der Waals surface area contributed by atoms with Gasteiger partial charge in [0.05, 0.1) is 18.1 Å². The van der Waals surface area contributed by atoms with Gasteiger partial charge in [-0.2, -0.15) is 0 Å². The first kappa shape index (κ1) is 14.9. The van der Waals surface area contributed by atoms with Crippen LogP contribution in [0.25, 0.3) is 0 Å². The van der Waals surface area contributed by atoms with Gasteiger partial charge in [-0.05, 0) is 6.42 Å². The Kier molecular flexibility index (Phi) is 4.69. The van der Waals surface area contributed by atoms with Gasteiger partial charge in [-0.25, -0.2) is 8.42 Å². The van der Waals surface area contributed by atoms with Crippen molar-refractivity contribution in [3.63, 3.8) is 0 Å². The van der Waals surface area contributed by atoms with E-state index in [4.69, 9.17) is 5.11 Å². The summed E-state index contributed by atoms with van der Waals surface area (Å²) >= 11 is 0. The van der Waals surface area contributed by atoms with E-state index in [9.17, 15) is 18.0 Å². The highest BCUT2D eigenvalue weighted by atomic mass is 32.2. The molecule has 2 amide bonds. The number of hydrogen-bond donors (Lipinski definition) is 1. The van der Waals surface area contributed by atoms with Crippen molar-refractivity contribution in [1.82, 2.24) is 9.80 Å². The molecule has 1 atom stereocenters. The minimum Gasteiger partial charge on any atom is -0.395 e. The maximum atomic E-state index is 11.8. The van der Waals surface area contributed by atoms with E-state index in [1.165, 1.54) is 19.0 Å². The Bertz CT molecular complexity index is 434. The van der Waals surface area contributed by atoms with E-state index in [0.29, 0.717) is 6.42 Å². The molecule has 0 bridgehead atoms. The average molecular weight is 278 g/mol. The number of carbonyl (C=O) groups is 2. The first-order valence-electron chi connectivity index (χ1n) is 5.62. The van der Waals surface area contributed by atoms with Crippen LogP contribution in [0, 0.1) is 0 Å². The van der Waals surface area contributed by atoms with Crippen molar-refractivity contribution in [3.05, 3.63) is 0 Å². The molecule has 1 aliphatic heterocycles. The fraction of sp³-hybridized carbons (Fsp3) is 0.800. The molecule has 7 nitrogen and oxygen atoms in total. The molecule has 0 aromatic carbocycles. The molecule has 0 aliphatic carbocycles. The molecule has 1 heterocycles. The Morgan fingerprint density at radius 3 is 2.33 bits per heavy atom. The van der Waals surface area contributed by atoms with Gasteiger partial charge in [-0.3, -0.25) is 9.59 Å². The van der Waals surface area contributed by atoms with Crippen LogP contribution >= 0.6 is 0 Å². The molecule has 0 spiro atoms. The molecule has 0 radical (unpaired) electrons. The lowest BCUT2D eigenvalue weighted by molar-refractivity contribution is -0.151. The van der Waals surface area contributed by atoms with Crippen LogP contribution in [0.4, 0.5) is 0 Å². The summed E-state index contributed by atoms with van der Waals surface area (Å²) in [4.78, 5) is 25.8. The normalized spacial score (nSPS) is 21.6. The summed E-state index contributed by atoms with van der Waals surface area (Å²) in [5.74, 6) is -1.52. The third-order valence-corrected chi connectivity index (χ3v) is 4.79. The van der Waals surface area contributed by atoms with E-state index in [0.717, 1.165) is 4.90 Å². The smallest absolute Gasteiger partial charge is 0.312 e. The predicted octanol–water partition coefficient (Wildman–Crippen LogP) is -1.92. The van der Waals surface area contributed by atoms with Gasteiger partial charge in [0.2, 0.25) is 0 Å². The van der Waals surface area contributed by atoms with Gasteiger partial charge in [-0.1, -0.05) is 0 Å². The van der Waals surface area contributed by atoms with Crippen molar-refractivity contribution in [2.24, 2.45) is 0 Å². The lowest BCUT2D eigenvalue weighted by Crippen LogP contribution is -2.47. The number of aliphatic hydroxyl groups is 1. The number of aliphatic hydroxyl groups excluding tert-OH is 1. The van der Waals surface area contributed by atoms with Crippen molar-refractivity contribution in [2.45, 2.75) is 12.5 Å². The molecule has 8 heteroatoms. The molecule has 0 aromatic heterocycles. The van der Waals surface area contributed by atoms with Crippen molar-refractivity contribution in [3.8, 4) is 0 Å². The molecular weight excluding hydrogens is 260 g/mol. The summed E-state index contributed by atoms with van der Waals surface area (Å²) < 4.78 is 22.6. The standard InChI is InChI=1S/C10H18N2O5S/c1-11(4-5-13)9(14)10(15)12(2)8-3-6-18(16,17)7-8/h8,13H,3-7H2,1-2H3. The SMILES string of the molecule is CN(CCO)C(=O)C(=O)N(C)C1CCS(=O)(=O)C1. The Morgan fingerprint density at radius 2 is 1.89 bits per heavy atom. The molecule has 1 N–H and O–H groups in total. The van der Waals surface area contributed by atoms with E-state index < -0.39 is 27.7 Å². The molecule has 104 valence electrons. The van der Waals surface area contributed by atoms with Crippen molar-refractivity contribution in [2.75, 3.05) is 38.8 Å². The fourth-order valence-corrected chi connectivity index (χ4v) is 3.59. The zero-order chi connectivity index (χ0) is 13.9. The Labute approximate surface area is 106 Å². The lowest BCUT2D eigenvalue weighted by Gasteiger charge is -2.25. The second-order valence-corrected chi connectivity index (χ2v) is 6.65. The predicted molar refractivity (Wildman–Crippen MR) is 64.6 cm³/mol. The van der Waals surface area contributed by atoms with Crippen LogP contribution in [-0.4, -0.2) is 79.9 Å². The molecule has 1 fully saturated rings. The van der Waals surface area contributed by atoms with Crippen LogP contribution in [0.15, 0.2) is 0 Å². The van der Waals surface area contributed by atoms with E-state index in [-0.39, 0.29) is 24.7 Å². The summed E-state index contributed by atoms with van der Waals surface area (Å²) in [6, 6.07) is -0.436. The van der Waals surface area contributed by atoms with Crippen LogP contribution in [0.3, 0.4) is 0 Å². The first-order chi connectivity index (χ1) is 8.28. The minimum absolute atomic E-state index is 0.0515. The van der Waals surface area contributed by atoms with E-state index >= 15 is 0 Å². The summed E-state index contributed by atoms with van der Waals surface area (Å²) in [6.45, 7) is -0.154. The van der Waals surface area contributed by atoms with Crippen molar-refractivity contribution in [1.29, 1.82) is 0 Å². The largest absolute Gasteiger partial charge is 0.395 e. The van der Waals surface area contributed by atoms with Gasteiger partial charge in [-0.15, -0.1) is 0 Å². The van der Waals surface area contributed by atoms with E-state index in [2.05, 4.69) is 0 Å². The number of carbonyl (C=O) groups excluding carboxylic acids is 2. The molecule has 18 heavy (non-hydrogen) atoms. The number of nitrogens with zero attached hydrogens (tertiary/aromatic N) is 2. The molecule has 1 saturated heterocycles. The third-order valence-electron chi connectivity index (χ3n) is 3.04. The third kappa shape index (κ3) is 3.42. The molecule has 1 unspecified atom stereocenters. The number of rotatable bonds is 3. The highest BCUT2D eigenvalue weighted by Crippen LogP contribution is 2.16. The molecule has 0 saturated carbocycles. The topological polar surface area (TPSA) is 95.0 Å². The van der Waals surface area contributed by atoms with Gasteiger partial charge in [0.15, 0.2) is 9.84 Å². The van der Waals surface area contributed by atoms with Gasteiger partial charge >= 0.3 is 11.8 Å². The average Bonchev–Trinajstić information content (AvgIpc) is 2.67. The second-order valence-electron chi connectivity index (χ2n) is 4.42. The molecular formula is C10H18N2O5S. The Balaban J connectivity index is 2.65. The lowest BCUT2D eigenvalue weighted by atomic mass is 10.2. The fourth-order valence-electron chi connectivity index (χ4n) is 1.81. The first-order valence-corrected chi connectivity index (χ1v) is 7.44. The maximum Gasteiger partial charge on any atom is 0.312 e. The molecule has 0 aromatic rings. The summed E-state index contributed by atoms with van der Waals surface area (Å²) in [7, 11) is -0.247. The number of likely N-dealkylation sites (N-methyl/N-ethyl adjacent to an activating group) is 2. The number of sulfone groups is 1. The van der Waals surface area contributed by atoms with E-state index in [1.807, 2.05) is 0 Å².